The number of nitrogens with one attached hydrogen (secondary N) is 2. The molecule has 0 saturated heterocycles. The first-order valence-corrected chi connectivity index (χ1v) is 21.9. The van der Waals surface area contributed by atoms with Crippen LogP contribution in [0.5, 0.6) is 0 Å². The summed E-state index contributed by atoms with van der Waals surface area (Å²) in [6.07, 6.45) is 13.5. The predicted molar refractivity (Wildman–Crippen MR) is 277 cm³/mol. The number of rotatable bonds is 7. The molecule has 0 bridgehead atoms. The van der Waals surface area contributed by atoms with E-state index in [0.29, 0.717) is 0 Å². The minimum Gasteiger partial charge on any atom is -0.508 e. The van der Waals surface area contributed by atoms with Crippen molar-refractivity contribution >= 4 is 28.7 Å². The number of hydrogen-bond acceptors (Lipinski definition) is 3. The first-order valence-electron chi connectivity index (χ1n) is 21.9. The van der Waals surface area contributed by atoms with E-state index < -0.39 is 5.41 Å². The minimum atomic E-state index is -0.525. The van der Waals surface area contributed by atoms with Gasteiger partial charge in [-0.1, -0.05) is 182 Å². The van der Waals surface area contributed by atoms with Crippen LogP contribution in [0.3, 0.4) is 0 Å². The van der Waals surface area contributed by atoms with Gasteiger partial charge in [-0.25, -0.2) is 0 Å². The van der Waals surface area contributed by atoms with Crippen molar-refractivity contribution in [3.05, 3.63) is 269 Å². The highest BCUT2D eigenvalue weighted by molar-refractivity contribution is 5.90. The van der Waals surface area contributed by atoms with Gasteiger partial charge < -0.3 is 15.7 Å². The molecule has 1 spiro atoms. The fourth-order valence-corrected chi connectivity index (χ4v) is 8.83. The first kappa shape index (κ1) is 44.4. The second-order valence-electron chi connectivity index (χ2n) is 16.5. The molecule has 0 radical (unpaired) electrons. The largest absolute Gasteiger partial charge is 0.508 e. The van der Waals surface area contributed by atoms with Crippen molar-refractivity contribution < 1.29 is 5.11 Å². The van der Waals surface area contributed by atoms with Crippen molar-refractivity contribution in [1.29, 1.82) is 0 Å². The third-order valence-electron chi connectivity index (χ3n) is 12.0. The molecular weight excluding hydrogens is 777 g/mol. The maximum absolute atomic E-state index is 10.2. The maximum atomic E-state index is 10.2. The highest BCUT2D eigenvalue weighted by Crippen LogP contribution is 2.58. The lowest BCUT2D eigenvalue weighted by Crippen LogP contribution is -2.30. The van der Waals surface area contributed by atoms with E-state index in [1.54, 1.807) is 18.2 Å². The van der Waals surface area contributed by atoms with E-state index >= 15 is 0 Å². The third kappa shape index (κ3) is 9.40. The van der Waals surface area contributed by atoms with Gasteiger partial charge in [0.15, 0.2) is 0 Å². The number of allylic oxidation sites excluding steroid dienone is 8. The van der Waals surface area contributed by atoms with Crippen LogP contribution in [0.2, 0.25) is 0 Å². The highest BCUT2D eigenvalue weighted by Gasteiger charge is 2.47. The summed E-state index contributed by atoms with van der Waals surface area (Å²) in [5.74, 6) is 0.170. The molecule has 7 aromatic rings. The van der Waals surface area contributed by atoms with Crippen molar-refractivity contribution in [2.24, 2.45) is 0 Å². The van der Waals surface area contributed by atoms with E-state index in [1.165, 1.54) is 66.8 Å². The molecule has 9 rings (SSSR count). The number of benzene rings is 7. The summed E-state index contributed by atoms with van der Waals surface area (Å²) in [6.45, 7) is 19.0. The van der Waals surface area contributed by atoms with Gasteiger partial charge in [0.2, 0.25) is 0 Å². The quantitative estimate of drug-likeness (QED) is 0.111. The molecule has 3 heteroatoms. The lowest BCUT2D eigenvalue weighted by Gasteiger charge is -2.36. The van der Waals surface area contributed by atoms with Gasteiger partial charge in [0.25, 0.3) is 0 Å². The molecule has 0 fully saturated rings. The van der Waals surface area contributed by atoms with Crippen molar-refractivity contribution in [2.75, 3.05) is 17.7 Å². The molecule has 64 heavy (non-hydrogen) atoms. The average Bonchev–Trinajstić information content (AvgIpc) is 3.58. The Balaban J connectivity index is 0.000000216. The van der Waals surface area contributed by atoms with Crippen molar-refractivity contribution in [3.63, 3.8) is 0 Å². The van der Waals surface area contributed by atoms with Crippen LogP contribution in [0.25, 0.3) is 33.9 Å². The zero-order chi connectivity index (χ0) is 45.2. The Morgan fingerprint density at radius 3 is 1.95 bits per heavy atom. The van der Waals surface area contributed by atoms with Crippen LogP contribution in [0.4, 0.5) is 17.1 Å². The van der Waals surface area contributed by atoms with Gasteiger partial charge in [0, 0.05) is 29.7 Å². The summed E-state index contributed by atoms with van der Waals surface area (Å²) < 4.78 is 0. The Morgan fingerprint density at radius 2 is 1.20 bits per heavy atom. The zero-order valence-electron chi connectivity index (χ0n) is 37.9. The first-order chi connectivity index (χ1) is 31.0. The van der Waals surface area contributed by atoms with E-state index in [-0.39, 0.29) is 5.76 Å². The molecule has 2 aliphatic rings. The second-order valence-corrected chi connectivity index (χ2v) is 16.5. The fraction of sp³-hybridized carbons (Fsp3) is 0.115. The third-order valence-corrected chi connectivity index (χ3v) is 12.0. The van der Waals surface area contributed by atoms with Gasteiger partial charge in [-0.05, 0) is 144 Å². The van der Waals surface area contributed by atoms with Crippen LogP contribution in [-0.4, -0.2) is 12.2 Å². The van der Waals surface area contributed by atoms with E-state index in [9.17, 15) is 5.11 Å². The number of para-hydroxylation sites is 2. The van der Waals surface area contributed by atoms with Crippen LogP contribution in [0.1, 0.15) is 57.0 Å². The van der Waals surface area contributed by atoms with E-state index in [1.807, 2.05) is 56.4 Å². The Kier molecular flexibility index (Phi) is 13.9. The molecule has 0 amide bonds. The van der Waals surface area contributed by atoms with Gasteiger partial charge in [-0.2, -0.15) is 0 Å². The monoisotopic (exact) mass is 834 g/mol. The molecule has 0 heterocycles. The standard InChI is InChI=1S/C39H33NO.C15H16.C7H9N/c1-5-12-31(41)24-27(3)32-16-9-11-18-38(32)40-30-20-22-34-33-21-19-26(2)23-36(33)39(37(34)25-30)28(4)13-6-7-14-29-15-8-10-17-35(29)39;1-11-8-9-13(3)15(10-11)14-7-5-4-6-12(14)2;1-8-7-5-3-2-4-6-7/h5-25,40-41H,1,4H2,2-3H3;4-10H,1-3H3;2-6,8H,1H3/b13-6-,14-7-,27-24+,31-12+;;. The zero-order valence-corrected chi connectivity index (χ0v) is 37.9. The number of hydrogen-bond donors (Lipinski definition) is 3. The van der Waals surface area contributed by atoms with Crippen LogP contribution in [0, 0.1) is 27.7 Å². The van der Waals surface area contributed by atoms with Gasteiger partial charge in [0.05, 0.1) is 5.41 Å². The summed E-state index contributed by atoms with van der Waals surface area (Å²) in [5.41, 5.74) is 20.9. The molecular formula is C61H58N2O. The topological polar surface area (TPSA) is 44.3 Å². The normalized spacial score (nSPS) is 15.7. The van der Waals surface area contributed by atoms with Crippen LogP contribution in [-0.2, 0) is 5.41 Å². The van der Waals surface area contributed by atoms with E-state index in [2.05, 4.69) is 191 Å². The smallest absolute Gasteiger partial charge is 0.115 e. The van der Waals surface area contributed by atoms with E-state index in [0.717, 1.165) is 33.8 Å². The number of aryl methyl sites for hydroxylation is 4. The Bertz CT molecular complexity index is 2940. The maximum Gasteiger partial charge on any atom is 0.115 e. The molecule has 1 atom stereocenters. The molecule has 3 nitrogen and oxygen atoms in total. The molecule has 7 aromatic carbocycles. The second kappa shape index (κ2) is 20.0. The molecule has 2 aliphatic carbocycles. The predicted octanol–water partition coefficient (Wildman–Crippen LogP) is 16.2. The van der Waals surface area contributed by atoms with E-state index in [4.69, 9.17) is 0 Å². The minimum absolute atomic E-state index is 0.170. The van der Waals surface area contributed by atoms with Crippen molar-refractivity contribution in [1.82, 2.24) is 0 Å². The number of aliphatic hydroxyl groups excluding tert-OH is 1. The summed E-state index contributed by atoms with van der Waals surface area (Å²) >= 11 is 0. The van der Waals surface area contributed by atoms with Gasteiger partial charge in [-0.3, -0.25) is 0 Å². The lowest BCUT2D eigenvalue weighted by molar-refractivity contribution is 0.433. The summed E-state index contributed by atoms with van der Waals surface area (Å²) in [6, 6.07) is 55.5. The molecule has 0 saturated carbocycles. The van der Waals surface area contributed by atoms with Gasteiger partial charge in [0.1, 0.15) is 5.76 Å². The van der Waals surface area contributed by atoms with Crippen LogP contribution < -0.4 is 10.6 Å². The van der Waals surface area contributed by atoms with Crippen LogP contribution >= 0.6 is 0 Å². The summed E-state index contributed by atoms with van der Waals surface area (Å²) in [7, 11) is 1.91. The molecule has 1 unspecified atom stereocenters. The summed E-state index contributed by atoms with van der Waals surface area (Å²) in [5, 5.41) is 17.0. The van der Waals surface area contributed by atoms with Gasteiger partial charge >= 0.3 is 0 Å². The van der Waals surface area contributed by atoms with Crippen molar-refractivity contribution in [3.8, 4) is 22.3 Å². The van der Waals surface area contributed by atoms with Crippen LogP contribution in [0.15, 0.2) is 219 Å². The Morgan fingerprint density at radius 1 is 0.578 bits per heavy atom. The Hall–Kier alpha value is -7.62. The van der Waals surface area contributed by atoms with Crippen molar-refractivity contribution in [2.45, 2.75) is 40.0 Å². The highest BCUT2D eigenvalue weighted by atomic mass is 16.3. The fourth-order valence-electron chi connectivity index (χ4n) is 8.83. The molecule has 3 N–H and O–H groups in total. The average molecular weight is 835 g/mol. The van der Waals surface area contributed by atoms with Gasteiger partial charge in [-0.15, -0.1) is 0 Å². The molecule has 318 valence electrons. The number of anilines is 3. The number of fused-ring (bicyclic) bond motifs is 7. The summed E-state index contributed by atoms with van der Waals surface area (Å²) in [4.78, 5) is 0. The molecule has 0 aromatic heterocycles. The Labute approximate surface area is 380 Å². The lowest BCUT2D eigenvalue weighted by atomic mass is 9.65. The number of aliphatic hydroxyl groups is 1. The molecule has 0 aliphatic heterocycles. The SMILES string of the molecule is C=C/C=C(O)\C=C(/C)c1ccccc1Nc1ccc2c(c1)C1(C(=C)/C=C\C=C/c3ccccc31)c1cc(C)ccc1-2.CNc1ccccc1.Cc1ccc(C)c(-c2ccccc2C)c1.